The smallest absolute Gasteiger partial charge is 0.262 e. The van der Waals surface area contributed by atoms with Crippen molar-refractivity contribution in [2.45, 2.75) is 87.5 Å². The Labute approximate surface area is 314 Å². The van der Waals surface area contributed by atoms with Gasteiger partial charge in [0.1, 0.15) is 21.2 Å². The van der Waals surface area contributed by atoms with Gasteiger partial charge >= 0.3 is 0 Å². The number of anilines is 1. The van der Waals surface area contributed by atoms with E-state index in [2.05, 4.69) is 44.9 Å². The molecule has 1 saturated heterocycles. The number of allylic oxidation sites excluding steroid dienone is 1. The zero-order valence-electron chi connectivity index (χ0n) is 30.0. The van der Waals surface area contributed by atoms with Crippen LogP contribution in [0.25, 0.3) is 0 Å². The fourth-order valence-electron chi connectivity index (χ4n) is 8.77. The molecule has 2 aromatic rings. The standard InChI is InChI=1S/C40H50ClN3O6S2/c1-27-6-4-17-40(46,18-19-42-33-14-20-52(48,49)21-15-33)35-11-8-31(35)24-44-25-39(16-5-7-29-22-32(41)10-12-34(29)39)26-50-37-13-9-30(23-36(37)44)38(45)43-51(3,47)28(27)2/h4,9-10,12-13,17,22-23,27-28,31,33,35,42,46H,3,5-8,11,14-16,20-21,24-26H2,1-2H3,(H,43,45,47)/b17-4+/t27-,28+,31-,35+,39-,40-,51?/m0/s1. The van der Waals surface area contributed by atoms with Crippen molar-refractivity contribution in [3.63, 3.8) is 0 Å². The summed E-state index contributed by atoms with van der Waals surface area (Å²) in [6.07, 6.45) is 9.76. The summed E-state index contributed by atoms with van der Waals surface area (Å²) in [5.74, 6) is 7.46. The summed E-state index contributed by atoms with van der Waals surface area (Å²) in [4.78, 5) is 16.0. The van der Waals surface area contributed by atoms with Gasteiger partial charge in [-0.25, -0.2) is 12.6 Å². The number of carbonyl (C=O) groups excluding carboxylic acids is 1. The van der Waals surface area contributed by atoms with Crippen LogP contribution in [0.3, 0.4) is 0 Å². The number of sulfone groups is 1. The van der Waals surface area contributed by atoms with Crippen molar-refractivity contribution in [2.24, 2.45) is 17.8 Å². The van der Waals surface area contributed by atoms with Crippen LogP contribution in [-0.4, -0.2) is 77.6 Å². The number of halogens is 1. The van der Waals surface area contributed by atoms with Gasteiger partial charge in [-0.15, -0.1) is 0 Å². The maximum absolute atomic E-state index is 13.9. The molecule has 0 aromatic heterocycles. The average molecular weight is 768 g/mol. The number of rotatable bonds is 1. The molecule has 12 heteroatoms. The van der Waals surface area contributed by atoms with E-state index in [0.29, 0.717) is 55.3 Å². The van der Waals surface area contributed by atoms with Crippen LogP contribution >= 0.6 is 11.6 Å². The molecule has 0 radical (unpaired) electrons. The Morgan fingerprint density at radius 1 is 1.10 bits per heavy atom. The fourth-order valence-corrected chi connectivity index (χ4v) is 11.9. The second-order valence-corrected chi connectivity index (χ2v) is 21.0. The van der Waals surface area contributed by atoms with Crippen molar-refractivity contribution in [1.29, 1.82) is 0 Å². The summed E-state index contributed by atoms with van der Waals surface area (Å²) in [5, 5.41) is 15.9. The first-order chi connectivity index (χ1) is 24.7. The molecular weight excluding hydrogens is 718 g/mol. The minimum absolute atomic E-state index is 0.0551. The van der Waals surface area contributed by atoms with Gasteiger partial charge < -0.3 is 20.1 Å². The molecule has 2 aliphatic carbocycles. The van der Waals surface area contributed by atoms with Gasteiger partial charge in [0.2, 0.25) is 0 Å². The number of carbonyl (C=O) groups is 1. The van der Waals surface area contributed by atoms with E-state index in [0.717, 1.165) is 37.8 Å². The minimum atomic E-state index is -3.04. The van der Waals surface area contributed by atoms with Gasteiger partial charge in [-0.1, -0.05) is 30.7 Å². The normalized spacial score (nSPS) is 35.2. The molecular formula is C40H50ClN3O6S2. The number of hydrogen-bond donors (Lipinski definition) is 3. The maximum atomic E-state index is 13.9. The van der Waals surface area contributed by atoms with Crippen molar-refractivity contribution >= 4 is 48.6 Å². The number of hydrogen-bond acceptors (Lipinski definition) is 8. The molecule has 9 nitrogen and oxygen atoms in total. The number of nitrogens with one attached hydrogen (secondary N) is 2. The summed E-state index contributed by atoms with van der Waals surface area (Å²) in [5.41, 5.74) is 1.88. The number of ether oxygens (including phenoxy) is 1. The average Bonchev–Trinajstić information content (AvgIpc) is 3.23. The highest BCUT2D eigenvalue weighted by Crippen LogP contribution is 2.48. The Bertz CT molecular complexity index is 2030. The van der Waals surface area contributed by atoms with Crippen LogP contribution in [0.15, 0.2) is 48.6 Å². The molecule has 1 saturated carbocycles. The summed E-state index contributed by atoms with van der Waals surface area (Å²) >= 11 is 6.46. The van der Waals surface area contributed by atoms with E-state index in [-0.39, 0.29) is 40.7 Å². The van der Waals surface area contributed by atoms with Crippen LogP contribution in [0, 0.1) is 29.7 Å². The maximum Gasteiger partial charge on any atom is 0.262 e. The molecule has 5 aliphatic rings. The third-order valence-corrected chi connectivity index (χ3v) is 16.5. The fraction of sp³-hybridized carbons (Fsp3) is 0.550. The third-order valence-electron chi connectivity index (χ3n) is 12.4. The van der Waals surface area contributed by atoms with Gasteiger partial charge in [0.15, 0.2) is 0 Å². The third kappa shape index (κ3) is 7.46. The van der Waals surface area contributed by atoms with Crippen molar-refractivity contribution in [1.82, 2.24) is 10.0 Å². The van der Waals surface area contributed by atoms with E-state index in [4.69, 9.17) is 16.3 Å². The van der Waals surface area contributed by atoms with Crippen molar-refractivity contribution in [3.8, 4) is 17.7 Å². The first kappa shape index (κ1) is 37.2. The Balaban J connectivity index is 1.27. The Morgan fingerprint density at radius 3 is 2.63 bits per heavy atom. The van der Waals surface area contributed by atoms with Crippen molar-refractivity contribution < 1.29 is 27.3 Å². The van der Waals surface area contributed by atoms with Gasteiger partial charge in [0, 0.05) is 52.3 Å². The monoisotopic (exact) mass is 767 g/mol. The van der Waals surface area contributed by atoms with Crippen molar-refractivity contribution in [3.05, 3.63) is 70.3 Å². The van der Waals surface area contributed by atoms with E-state index in [1.54, 1.807) is 12.1 Å². The van der Waals surface area contributed by atoms with E-state index >= 15 is 0 Å². The summed E-state index contributed by atoms with van der Waals surface area (Å²) in [6, 6.07) is 14.6. The lowest BCUT2D eigenvalue weighted by Gasteiger charge is -2.47. The van der Waals surface area contributed by atoms with Crippen LogP contribution in [0.4, 0.5) is 5.69 Å². The molecule has 1 amide bonds. The highest BCUT2D eigenvalue weighted by molar-refractivity contribution is 7.99. The second kappa shape index (κ2) is 14.2. The number of aliphatic hydroxyl groups is 1. The Morgan fingerprint density at radius 2 is 1.88 bits per heavy atom. The lowest BCUT2D eigenvalue weighted by atomic mass is 9.64. The molecule has 3 heterocycles. The molecule has 2 bridgehead atoms. The molecule has 7 rings (SSSR count). The molecule has 1 spiro atoms. The number of benzene rings is 2. The largest absolute Gasteiger partial charge is 0.490 e. The molecule has 52 heavy (non-hydrogen) atoms. The van der Waals surface area contributed by atoms with E-state index in [1.165, 1.54) is 11.1 Å². The van der Waals surface area contributed by atoms with E-state index in [9.17, 15) is 22.5 Å². The van der Waals surface area contributed by atoms with E-state index < -0.39 is 36.3 Å². The first-order valence-corrected chi connectivity index (χ1v) is 22.5. The van der Waals surface area contributed by atoms with Crippen LogP contribution < -0.4 is 19.7 Å². The highest BCUT2D eigenvalue weighted by Gasteiger charge is 2.48. The Kier molecular flexibility index (Phi) is 10.2. The lowest BCUT2D eigenvalue weighted by molar-refractivity contribution is -0.00330. The topological polar surface area (TPSA) is 125 Å². The molecule has 3 aliphatic heterocycles. The zero-order valence-corrected chi connectivity index (χ0v) is 32.4. The van der Waals surface area contributed by atoms with Gasteiger partial charge in [0.05, 0.1) is 33.5 Å². The molecule has 2 aromatic carbocycles. The van der Waals surface area contributed by atoms with Crippen LogP contribution in [0.1, 0.15) is 80.3 Å². The minimum Gasteiger partial charge on any atom is -0.490 e. The molecule has 3 N–H and O–H groups in total. The number of nitrogens with zero attached hydrogens (tertiary/aromatic N) is 1. The number of fused-ring (bicyclic) bond motifs is 4. The predicted octanol–water partition coefficient (Wildman–Crippen LogP) is 5.04. The first-order valence-electron chi connectivity index (χ1n) is 18.5. The molecule has 1 unspecified atom stereocenters. The van der Waals surface area contributed by atoms with Crippen LogP contribution in [0.2, 0.25) is 5.02 Å². The van der Waals surface area contributed by atoms with E-state index in [1.807, 2.05) is 38.1 Å². The zero-order chi connectivity index (χ0) is 36.9. The SMILES string of the molecule is C=S1(=O)NC(=O)c2ccc3c(c2)N(C[C@@H]2CC[C@H]2[C@@](O)(C#CNC2CCS(=O)(=O)CC2)/C=C/C[C@H](C)[C@H]1C)C[C@@]1(CCCc2cc(Cl)ccc21)CO3. The van der Waals surface area contributed by atoms with Gasteiger partial charge in [0.25, 0.3) is 5.91 Å². The molecule has 7 atom stereocenters. The Hall–Kier alpha value is -3.17. The quantitative estimate of drug-likeness (QED) is 0.160. The predicted molar refractivity (Wildman–Crippen MR) is 209 cm³/mol. The van der Waals surface area contributed by atoms with Crippen LogP contribution in [0.5, 0.6) is 5.75 Å². The molecule has 2 fully saturated rings. The summed E-state index contributed by atoms with van der Waals surface area (Å²) in [7, 11) is -6.05. The van der Waals surface area contributed by atoms with Gasteiger partial charge in [-0.05, 0) is 129 Å². The van der Waals surface area contributed by atoms with Gasteiger partial charge in [-0.2, -0.15) is 0 Å². The van der Waals surface area contributed by atoms with Crippen LogP contribution in [-0.2, 0) is 31.4 Å². The van der Waals surface area contributed by atoms with Gasteiger partial charge in [-0.3, -0.25) is 9.52 Å². The molecule has 280 valence electrons. The number of amides is 1. The summed E-state index contributed by atoms with van der Waals surface area (Å²) < 4.78 is 47.3. The summed E-state index contributed by atoms with van der Waals surface area (Å²) in [6.45, 7) is 5.53. The lowest BCUT2D eigenvalue weighted by Crippen LogP contribution is -2.52. The number of aryl methyl sites for hydroxylation is 1. The van der Waals surface area contributed by atoms with Crippen molar-refractivity contribution in [2.75, 3.05) is 36.1 Å². The second-order valence-electron chi connectivity index (χ2n) is 15.9. The highest BCUT2D eigenvalue weighted by atomic mass is 35.5.